The first-order valence-electron chi connectivity index (χ1n) is 5.38. The first-order chi connectivity index (χ1) is 8.29. The van der Waals surface area contributed by atoms with Crippen molar-refractivity contribution in [1.82, 2.24) is 9.78 Å². The molecule has 1 aliphatic rings. The second-order valence-corrected chi connectivity index (χ2v) is 3.92. The number of benzene rings is 1. The third-order valence-corrected chi connectivity index (χ3v) is 2.89. The largest absolute Gasteiger partial charge is 0.497 e. The van der Waals surface area contributed by atoms with Gasteiger partial charge in [-0.15, -0.1) is 0 Å². The molecule has 0 atom stereocenters. The van der Waals surface area contributed by atoms with Crippen LogP contribution in [0.4, 0.5) is 5.82 Å². The van der Waals surface area contributed by atoms with Gasteiger partial charge in [0.2, 0.25) is 0 Å². The summed E-state index contributed by atoms with van der Waals surface area (Å²) in [4.78, 5) is 0. The number of hydrogen-bond donors (Lipinski definition) is 1. The van der Waals surface area contributed by atoms with Crippen molar-refractivity contribution in [3.63, 3.8) is 0 Å². The quantitative estimate of drug-likeness (QED) is 0.850. The predicted octanol–water partition coefficient (Wildman–Crippen LogP) is 1.49. The lowest BCUT2D eigenvalue weighted by Crippen LogP contribution is -2.04. The molecule has 2 aromatic rings. The van der Waals surface area contributed by atoms with E-state index in [1.54, 1.807) is 11.8 Å². The minimum Gasteiger partial charge on any atom is -0.497 e. The molecule has 1 aliphatic heterocycles. The van der Waals surface area contributed by atoms with E-state index < -0.39 is 0 Å². The lowest BCUT2D eigenvalue weighted by Gasteiger charge is -2.07. The van der Waals surface area contributed by atoms with Gasteiger partial charge in [-0.2, -0.15) is 5.10 Å². The maximum Gasteiger partial charge on any atom is 0.133 e. The number of methoxy groups -OCH3 is 1. The summed E-state index contributed by atoms with van der Waals surface area (Å²) in [6, 6.07) is 7.65. The molecule has 0 saturated carbocycles. The maximum absolute atomic E-state index is 6.06. The molecule has 3 rings (SSSR count). The highest BCUT2D eigenvalue weighted by atomic mass is 16.5. The maximum atomic E-state index is 6.06. The standard InChI is InChI=1S/C12H13N3O2/c1-16-9-4-2-3-8(5-9)15-12(13)10-6-17-7-11(10)14-15/h2-5H,6-7,13H2,1H3. The van der Waals surface area contributed by atoms with Gasteiger partial charge in [-0.3, -0.25) is 0 Å². The Kier molecular flexibility index (Phi) is 2.26. The SMILES string of the molecule is COc1cccc(-n2nc3c(c2N)COC3)c1. The van der Waals surface area contributed by atoms with Crippen LogP contribution in [0.2, 0.25) is 0 Å². The van der Waals surface area contributed by atoms with Crippen LogP contribution in [0.3, 0.4) is 0 Å². The van der Waals surface area contributed by atoms with E-state index in [9.17, 15) is 0 Å². The summed E-state index contributed by atoms with van der Waals surface area (Å²) in [5, 5.41) is 4.45. The average Bonchev–Trinajstić information content (AvgIpc) is 2.93. The predicted molar refractivity (Wildman–Crippen MR) is 63.0 cm³/mol. The number of hydrogen-bond acceptors (Lipinski definition) is 4. The Balaban J connectivity index is 2.09. The Morgan fingerprint density at radius 2 is 2.29 bits per heavy atom. The molecule has 0 saturated heterocycles. The van der Waals surface area contributed by atoms with Gasteiger partial charge in [0.15, 0.2) is 0 Å². The smallest absolute Gasteiger partial charge is 0.133 e. The number of fused-ring (bicyclic) bond motifs is 1. The Bertz CT molecular complexity index is 563. The highest BCUT2D eigenvalue weighted by Gasteiger charge is 2.21. The monoisotopic (exact) mass is 231 g/mol. The number of nitrogen functional groups attached to an aromatic ring is 1. The molecule has 0 fully saturated rings. The van der Waals surface area contributed by atoms with Crippen LogP contribution < -0.4 is 10.5 Å². The van der Waals surface area contributed by atoms with E-state index in [1.165, 1.54) is 0 Å². The summed E-state index contributed by atoms with van der Waals surface area (Å²) in [7, 11) is 1.64. The van der Waals surface area contributed by atoms with E-state index in [0.29, 0.717) is 19.0 Å². The fourth-order valence-corrected chi connectivity index (χ4v) is 1.97. The topological polar surface area (TPSA) is 62.3 Å². The molecule has 17 heavy (non-hydrogen) atoms. The lowest BCUT2D eigenvalue weighted by molar-refractivity contribution is 0.131. The van der Waals surface area contributed by atoms with E-state index >= 15 is 0 Å². The molecule has 1 aromatic heterocycles. The van der Waals surface area contributed by atoms with Gasteiger partial charge in [-0.1, -0.05) is 6.07 Å². The molecule has 1 aromatic carbocycles. The fourth-order valence-electron chi connectivity index (χ4n) is 1.97. The van der Waals surface area contributed by atoms with Crippen molar-refractivity contribution in [2.24, 2.45) is 0 Å². The molecule has 0 amide bonds. The minimum absolute atomic E-state index is 0.538. The van der Waals surface area contributed by atoms with Gasteiger partial charge >= 0.3 is 0 Å². The molecular weight excluding hydrogens is 218 g/mol. The summed E-state index contributed by atoms with van der Waals surface area (Å²) in [6.45, 7) is 1.08. The van der Waals surface area contributed by atoms with E-state index in [-0.39, 0.29) is 0 Å². The van der Waals surface area contributed by atoms with Crippen LogP contribution in [0, 0.1) is 0 Å². The normalized spacial score (nSPS) is 13.7. The van der Waals surface area contributed by atoms with Crippen LogP contribution in [0.5, 0.6) is 5.75 Å². The summed E-state index contributed by atoms with van der Waals surface area (Å²) < 4.78 is 12.2. The molecule has 2 heterocycles. The molecule has 88 valence electrons. The third-order valence-electron chi connectivity index (χ3n) is 2.89. The van der Waals surface area contributed by atoms with Gasteiger partial charge in [0.1, 0.15) is 11.6 Å². The number of rotatable bonds is 2. The van der Waals surface area contributed by atoms with Crippen molar-refractivity contribution in [3.05, 3.63) is 35.5 Å². The second kappa shape index (κ2) is 3.78. The van der Waals surface area contributed by atoms with Gasteiger partial charge in [0.25, 0.3) is 0 Å². The van der Waals surface area contributed by atoms with Crippen molar-refractivity contribution in [2.75, 3.05) is 12.8 Å². The molecule has 5 nitrogen and oxygen atoms in total. The molecule has 0 unspecified atom stereocenters. The van der Waals surface area contributed by atoms with E-state index in [1.807, 2.05) is 24.3 Å². The van der Waals surface area contributed by atoms with Gasteiger partial charge in [0, 0.05) is 11.6 Å². The zero-order valence-electron chi connectivity index (χ0n) is 9.51. The lowest BCUT2D eigenvalue weighted by atomic mass is 10.2. The highest BCUT2D eigenvalue weighted by Crippen LogP contribution is 2.28. The summed E-state index contributed by atoms with van der Waals surface area (Å²) in [6.07, 6.45) is 0. The Morgan fingerprint density at radius 3 is 3.06 bits per heavy atom. The fraction of sp³-hybridized carbons (Fsp3) is 0.250. The number of aromatic nitrogens is 2. The third kappa shape index (κ3) is 1.55. The first kappa shape index (κ1) is 10.2. The van der Waals surface area contributed by atoms with Crippen molar-refractivity contribution in [3.8, 4) is 11.4 Å². The van der Waals surface area contributed by atoms with E-state index in [2.05, 4.69) is 5.10 Å². The molecule has 0 bridgehead atoms. The Morgan fingerprint density at radius 1 is 1.41 bits per heavy atom. The van der Waals surface area contributed by atoms with Crippen LogP contribution >= 0.6 is 0 Å². The second-order valence-electron chi connectivity index (χ2n) is 3.92. The average molecular weight is 231 g/mol. The highest BCUT2D eigenvalue weighted by molar-refractivity contribution is 5.51. The number of nitrogens with two attached hydrogens (primary N) is 1. The van der Waals surface area contributed by atoms with Crippen LogP contribution in [-0.4, -0.2) is 16.9 Å². The number of anilines is 1. The van der Waals surface area contributed by atoms with Gasteiger partial charge in [0.05, 0.1) is 31.7 Å². The van der Waals surface area contributed by atoms with Crippen LogP contribution in [0.15, 0.2) is 24.3 Å². The molecule has 2 N–H and O–H groups in total. The van der Waals surface area contributed by atoms with Crippen molar-refractivity contribution in [1.29, 1.82) is 0 Å². The number of ether oxygens (including phenoxy) is 2. The van der Waals surface area contributed by atoms with Crippen molar-refractivity contribution < 1.29 is 9.47 Å². The zero-order chi connectivity index (χ0) is 11.8. The van der Waals surface area contributed by atoms with E-state index in [0.717, 1.165) is 22.7 Å². The van der Waals surface area contributed by atoms with Gasteiger partial charge in [-0.05, 0) is 12.1 Å². The summed E-state index contributed by atoms with van der Waals surface area (Å²) >= 11 is 0. The molecule has 0 radical (unpaired) electrons. The summed E-state index contributed by atoms with van der Waals surface area (Å²) in [5.41, 5.74) is 8.87. The number of nitrogens with zero attached hydrogens (tertiary/aromatic N) is 2. The van der Waals surface area contributed by atoms with Crippen LogP contribution in [0.1, 0.15) is 11.3 Å². The van der Waals surface area contributed by atoms with Crippen LogP contribution in [-0.2, 0) is 18.0 Å². The van der Waals surface area contributed by atoms with Crippen LogP contribution in [0.25, 0.3) is 5.69 Å². The van der Waals surface area contributed by atoms with Gasteiger partial charge < -0.3 is 15.2 Å². The van der Waals surface area contributed by atoms with Gasteiger partial charge in [-0.25, -0.2) is 4.68 Å². The molecule has 0 aliphatic carbocycles. The zero-order valence-corrected chi connectivity index (χ0v) is 9.51. The summed E-state index contributed by atoms with van der Waals surface area (Å²) in [5.74, 6) is 1.43. The Hall–Kier alpha value is -2.01. The molecule has 5 heteroatoms. The molecular formula is C12H13N3O2. The first-order valence-corrected chi connectivity index (χ1v) is 5.38. The van der Waals surface area contributed by atoms with E-state index in [4.69, 9.17) is 15.2 Å². The molecule has 0 spiro atoms. The van der Waals surface area contributed by atoms with Crippen molar-refractivity contribution in [2.45, 2.75) is 13.2 Å². The minimum atomic E-state index is 0.538. The Labute approximate surface area is 98.8 Å². The van der Waals surface area contributed by atoms with Crippen molar-refractivity contribution >= 4 is 5.82 Å².